The summed E-state index contributed by atoms with van der Waals surface area (Å²) in [5, 5.41) is 0. The SMILES string of the molecule is C=C(C)CC(C)Cc1c(N)cccc1C(=C)OCc1ccccc1. The molecule has 0 aliphatic carbocycles. The fourth-order valence-electron chi connectivity index (χ4n) is 2.93. The summed E-state index contributed by atoms with van der Waals surface area (Å²) in [6, 6.07) is 16.0. The molecule has 2 rings (SSSR count). The Morgan fingerprint density at radius 1 is 1.08 bits per heavy atom. The Hall–Kier alpha value is -2.48. The number of nitrogens with two attached hydrogens (primary N) is 1. The van der Waals surface area contributed by atoms with Crippen LogP contribution in [0.5, 0.6) is 0 Å². The lowest BCUT2D eigenvalue weighted by Crippen LogP contribution is -2.07. The van der Waals surface area contributed by atoms with Gasteiger partial charge in [0, 0.05) is 11.3 Å². The van der Waals surface area contributed by atoms with E-state index in [1.165, 1.54) is 5.57 Å². The molecule has 0 saturated heterocycles. The van der Waals surface area contributed by atoms with Crippen molar-refractivity contribution in [1.82, 2.24) is 0 Å². The maximum atomic E-state index is 6.23. The second kappa shape index (κ2) is 8.39. The highest BCUT2D eigenvalue weighted by molar-refractivity contribution is 5.67. The van der Waals surface area contributed by atoms with Crippen LogP contribution in [0.4, 0.5) is 5.69 Å². The third-order valence-corrected chi connectivity index (χ3v) is 4.02. The number of hydrogen-bond acceptors (Lipinski definition) is 2. The number of ether oxygens (including phenoxy) is 1. The van der Waals surface area contributed by atoms with E-state index in [-0.39, 0.29) is 0 Å². The van der Waals surface area contributed by atoms with Crippen LogP contribution < -0.4 is 5.73 Å². The van der Waals surface area contributed by atoms with Gasteiger partial charge in [0.1, 0.15) is 12.4 Å². The number of nitrogen functional groups attached to an aromatic ring is 1. The van der Waals surface area contributed by atoms with Gasteiger partial charge in [0.15, 0.2) is 0 Å². The van der Waals surface area contributed by atoms with Crippen molar-refractivity contribution in [2.75, 3.05) is 5.73 Å². The fourth-order valence-corrected chi connectivity index (χ4v) is 2.93. The molecule has 2 aromatic carbocycles. The van der Waals surface area contributed by atoms with Gasteiger partial charge in [-0.05, 0) is 42.9 Å². The molecule has 0 amide bonds. The van der Waals surface area contributed by atoms with Crippen molar-refractivity contribution in [2.45, 2.75) is 33.3 Å². The van der Waals surface area contributed by atoms with Crippen molar-refractivity contribution in [3.8, 4) is 0 Å². The zero-order chi connectivity index (χ0) is 17.5. The molecule has 0 bridgehead atoms. The third-order valence-electron chi connectivity index (χ3n) is 4.02. The minimum absolute atomic E-state index is 0.480. The molecule has 2 nitrogen and oxygen atoms in total. The molecule has 24 heavy (non-hydrogen) atoms. The van der Waals surface area contributed by atoms with E-state index < -0.39 is 0 Å². The maximum absolute atomic E-state index is 6.23. The molecule has 2 aromatic rings. The van der Waals surface area contributed by atoms with Crippen molar-refractivity contribution in [2.24, 2.45) is 5.92 Å². The minimum Gasteiger partial charge on any atom is -0.489 e. The Labute approximate surface area is 145 Å². The molecule has 126 valence electrons. The average Bonchev–Trinajstić information content (AvgIpc) is 2.54. The summed E-state index contributed by atoms with van der Waals surface area (Å²) in [7, 11) is 0. The molecule has 0 aliphatic heterocycles. The van der Waals surface area contributed by atoms with Gasteiger partial charge >= 0.3 is 0 Å². The summed E-state index contributed by atoms with van der Waals surface area (Å²) in [5.41, 5.74) is 11.5. The first kappa shape index (κ1) is 17.9. The first-order chi connectivity index (χ1) is 11.5. The molecule has 1 unspecified atom stereocenters. The van der Waals surface area contributed by atoms with Crippen molar-refractivity contribution >= 4 is 11.4 Å². The lowest BCUT2D eigenvalue weighted by molar-refractivity contribution is 0.265. The average molecular weight is 321 g/mol. The minimum atomic E-state index is 0.480. The largest absolute Gasteiger partial charge is 0.489 e. The van der Waals surface area contributed by atoms with Crippen LogP contribution >= 0.6 is 0 Å². The van der Waals surface area contributed by atoms with E-state index in [4.69, 9.17) is 10.5 Å². The van der Waals surface area contributed by atoms with Gasteiger partial charge in [0.05, 0.1) is 0 Å². The Bertz CT molecular complexity index is 703. The van der Waals surface area contributed by atoms with Crippen LogP contribution in [0.1, 0.15) is 37.0 Å². The molecular formula is C22H27NO. The monoisotopic (exact) mass is 321 g/mol. The zero-order valence-electron chi connectivity index (χ0n) is 14.7. The Morgan fingerprint density at radius 2 is 1.79 bits per heavy atom. The molecule has 0 radical (unpaired) electrons. The number of hydrogen-bond donors (Lipinski definition) is 1. The number of allylic oxidation sites excluding steroid dienone is 1. The molecule has 0 saturated carbocycles. The van der Waals surface area contributed by atoms with E-state index in [2.05, 4.69) is 27.0 Å². The summed E-state index contributed by atoms with van der Waals surface area (Å²) in [4.78, 5) is 0. The molecule has 2 N–H and O–H groups in total. The van der Waals surface area contributed by atoms with Crippen molar-refractivity contribution in [3.05, 3.63) is 84.0 Å². The van der Waals surface area contributed by atoms with Gasteiger partial charge < -0.3 is 10.5 Å². The molecule has 2 heteroatoms. The third kappa shape index (κ3) is 5.02. The molecular weight excluding hydrogens is 294 g/mol. The van der Waals surface area contributed by atoms with Gasteiger partial charge in [-0.15, -0.1) is 6.58 Å². The highest BCUT2D eigenvalue weighted by Gasteiger charge is 2.14. The molecule has 0 spiro atoms. The van der Waals surface area contributed by atoms with Gasteiger partial charge in [-0.3, -0.25) is 0 Å². The quantitative estimate of drug-likeness (QED) is 0.390. The second-order valence-electron chi connectivity index (χ2n) is 6.54. The predicted octanol–water partition coefficient (Wildman–Crippen LogP) is 5.60. The van der Waals surface area contributed by atoms with Crippen LogP contribution in [-0.2, 0) is 17.8 Å². The summed E-state index contributed by atoms with van der Waals surface area (Å²) in [6.07, 6.45) is 1.88. The van der Waals surface area contributed by atoms with Gasteiger partial charge in [0.25, 0.3) is 0 Å². The lowest BCUT2D eigenvalue weighted by Gasteiger charge is -2.18. The molecule has 0 aliphatic rings. The van der Waals surface area contributed by atoms with E-state index in [1.807, 2.05) is 48.5 Å². The van der Waals surface area contributed by atoms with Gasteiger partial charge in [0.2, 0.25) is 0 Å². The summed E-state index contributed by atoms with van der Waals surface area (Å²) in [5.74, 6) is 1.15. The highest BCUT2D eigenvalue weighted by Crippen LogP contribution is 2.28. The summed E-state index contributed by atoms with van der Waals surface area (Å²) >= 11 is 0. The normalized spacial score (nSPS) is 11.8. The smallest absolute Gasteiger partial charge is 0.120 e. The van der Waals surface area contributed by atoms with E-state index in [0.29, 0.717) is 18.3 Å². The standard InChI is InChI=1S/C22H27NO/c1-16(2)13-17(3)14-21-20(11-8-12-22(21)23)18(4)24-15-19-9-6-5-7-10-19/h5-12,17H,1,4,13-15,23H2,2-3H3. The van der Waals surface area contributed by atoms with Gasteiger partial charge in [-0.25, -0.2) is 0 Å². The first-order valence-corrected chi connectivity index (χ1v) is 8.35. The van der Waals surface area contributed by atoms with Crippen LogP contribution in [0.2, 0.25) is 0 Å². The molecule has 0 aromatic heterocycles. The van der Waals surface area contributed by atoms with E-state index in [9.17, 15) is 0 Å². The lowest BCUT2D eigenvalue weighted by atomic mass is 9.91. The molecule has 0 heterocycles. The number of benzene rings is 2. The van der Waals surface area contributed by atoms with E-state index in [0.717, 1.165) is 35.2 Å². The first-order valence-electron chi connectivity index (χ1n) is 8.35. The number of anilines is 1. The highest BCUT2D eigenvalue weighted by atomic mass is 16.5. The Balaban J connectivity index is 2.12. The Kier molecular flexibility index (Phi) is 6.25. The Morgan fingerprint density at radius 3 is 2.46 bits per heavy atom. The summed E-state index contributed by atoms with van der Waals surface area (Å²) in [6.45, 7) is 12.9. The van der Waals surface area contributed by atoms with Crippen LogP contribution in [0.15, 0.2) is 67.3 Å². The van der Waals surface area contributed by atoms with Crippen LogP contribution in [-0.4, -0.2) is 0 Å². The van der Waals surface area contributed by atoms with Crippen LogP contribution in [0, 0.1) is 5.92 Å². The zero-order valence-corrected chi connectivity index (χ0v) is 14.7. The van der Waals surface area contributed by atoms with Crippen LogP contribution in [0.3, 0.4) is 0 Å². The van der Waals surface area contributed by atoms with E-state index in [1.54, 1.807) is 0 Å². The van der Waals surface area contributed by atoms with Gasteiger partial charge in [-0.2, -0.15) is 0 Å². The maximum Gasteiger partial charge on any atom is 0.120 e. The molecule has 0 fully saturated rings. The fraction of sp³-hybridized carbons (Fsp3) is 0.273. The van der Waals surface area contributed by atoms with Crippen molar-refractivity contribution in [3.63, 3.8) is 0 Å². The summed E-state index contributed by atoms with van der Waals surface area (Å²) < 4.78 is 5.90. The molecule has 1 atom stereocenters. The van der Waals surface area contributed by atoms with E-state index >= 15 is 0 Å². The van der Waals surface area contributed by atoms with Crippen molar-refractivity contribution in [1.29, 1.82) is 0 Å². The second-order valence-corrected chi connectivity index (χ2v) is 6.54. The van der Waals surface area contributed by atoms with Crippen molar-refractivity contribution < 1.29 is 4.74 Å². The predicted molar refractivity (Wildman–Crippen MR) is 103 cm³/mol. The topological polar surface area (TPSA) is 35.2 Å². The van der Waals surface area contributed by atoms with Gasteiger partial charge in [-0.1, -0.05) is 61.5 Å². The van der Waals surface area contributed by atoms with Crippen LogP contribution in [0.25, 0.3) is 5.76 Å². The number of rotatable bonds is 8.